The first kappa shape index (κ1) is 35.3. The fourth-order valence-corrected chi connectivity index (χ4v) is 2.36. The molecular formula is C22H36O14. The highest BCUT2D eigenvalue weighted by Gasteiger charge is 2.51. The van der Waals surface area contributed by atoms with E-state index in [1.807, 2.05) is 0 Å². The van der Waals surface area contributed by atoms with Crippen molar-refractivity contribution in [3.05, 3.63) is 35.1 Å². The quantitative estimate of drug-likeness (QED) is 0.0797. The molecule has 0 saturated carbocycles. The van der Waals surface area contributed by atoms with E-state index in [-0.39, 0.29) is 16.7 Å². The standard InChI is InChI=1S/C17H24O10.C5H12O4/c1-10(13(21)22)4-17(5-11(2)14(23)24,16(7-18,8-19)9-20)27-6-12(3)15(25)26;6-1-5(2-7,3-8)4-9/h4-6,18-20H,7-9H2,1-3H3,(H,21,22)(H,23,24)(H,25,26);6-9H,1-4H2. The van der Waals surface area contributed by atoms with Gasteiger partial charge in [0.1, 0.15) is 0 Å². The molecule has 36 heavy (non-hydrogen) atoms. The minimum absolute atomic E-state index is 0.329. The summed E-state index contributed by atoms with van der Waals surface area (Å²) in [6.45, 7) is -0.983. The number of carboxylic acid groups (broad SMARTS) is 3. The summed E-state index contributed by atoms with van der Waals surface area (Å²) >= 11 is 0. The summed E-state index contributed by atoms with van der Waals surface area (Å²) in [7, 11) is 0. The lowest BCUT2D eigenvalue weighted by Crippen LogP contribution is -2.55. The van der Waals surface area contributed by atoms with Gasteiger partial charge in [-0.2, -0.15) is 0 Å². The molecule has 14 nitrogen and oxygen atoms in total. The lowest BCUT2D eigenvalue weighted by molar-refractivity contribution is -0.135. The van der Waals surface area contributed by atoms with Gasteiger partial charge in [0.05, 0.1) is 68.9 Å². The van der Waals surface area contributed by atoms with Crippen molar-refractivity contribution in [1.82, 2.24) is 0 Å². The van der Waals surface area contributed by atoms with Crippen molar-refractivity contribution in [1.29, 1.82) is 0 Å². The van der Waals surface area contributed by atoms with Gasteiger partial charge in [-0.1, -0.05) is 0 Å². The number of aliphatic hydroxyl groups is 7. The molecule has 14 heteroatoms. The first-order valence-electron chi connectivity index (χ1n) is 10.4. The molecular weight excluding hydrogens is 488 g/mol. The van der Waals surface area contributed by atoms with Crippen molar-refractivity contribution in [2.45, 2.75) is 26.4 Å². The van der Waals surface area contributed by atoms with Gasteiger partial charge in [0.25, 0.3) is 0 Å². The summed E-state index contributed by atoms with van der Waals surface area (Å²) in [4.78, 5) is 33.6. The Bertz CT molecular complexity index is 763. The number of rotatable bonds is 15. The molecule has 0 heterocycles. The SMILES string of the molecule is CC(=COC(C=C(C)C(=O)O)(C=C(C)C(=O)O)C(CO)(CO)CO)C(=O)O.OCC(CO)(CO)CO. The summed E-state index contributed by atoms with van der Waals surface area (Å²) < 4.78 is 5.43. The highest BCUT2D eigenvalue weighted by atomic mass is 16.5. The molecule has 0 fully saturated rings. The number of ether oxygens (including phenoxy) is 1. The van der Waals surface area contributed by atoms with E-state index in [4.69, 9.17) is 30.3 Å². The molecule has 0 aromatic rings. The summed E-state index contributed by atoms with van der Waals surface area (Å²) in [5.74, 6) is -4.19. The van der Waals surface area contributed by atoms with E-state index in [0.29, 0.717) is 0 Å². The number of carboxylic acids is 3. The third-order valence-electron chi connectivity index (χ3n) is 5.38. The van der Waals surface area contributed by atoms with Crippen LogP contribution in [0.1, 0.15) is 20.8 Å². The molecule has 0 aliphatic heterocycles. The molecule has 0 bridgehead atoms. The number of hydrogen-bond acceptors (Lipinski definition) is 11. The average molecular weight is 525 g/mol. The predicted molar refractivity (Wildman–Crippen MR) is 122 cm³/mol. The zero-order valence-corrected chi connectivity index (χ0v) is 20.3. The molecule has 0 aromatic heterocycles. The summed E-state index contributed by atoms with van der Waals surface area (Å²) in [5.41, 5.74) is -6.32. The van der Waals surface area contributed by atoms with Crippen LogP contribution in [0.4, 0.5) is 0 Å². The van der Waals surface area contributed by atoms with Crippen LogP contribution in [0.5, 0.6) is 0 Å². The van der Waals surface area contributed by atoms with Gasteiger partial charge in [-0.15, -0.1) is 0 Å². The maximum atomic E-state index is 11.3. The number of hydrogen-bond donors (Lipinski definition) is 10. The van der Waals surface area contributed by atoms with Gasteiger partial charge in [0, 0.05) is 11.1 Å². The lowest BCUT2D eigenvalue weighted by atomic mass is 9.71. The Balaban J connectivity index is 0. The van der Waals surface area contributed by atoms with E-state index in [1.54, 1.807) is 0 Å². The molecule has 0 spiro atoms. The average Bonchev–Trinajstić information content (AvgIpc) is 2.85. The fraction of sp³-hybridized carbons (Fsp3) is 0.591. The van der Waals surface area contributed by atoms with Crippen LogP contribution in [0.2, 0.25) is 0 Å². The van der Waals surface area contributed by atoms with E-state index in [1.165, 1.54) is 0 Å². The van der Waals surface area contributed by atoms with Crippen molar-refractivity contribution < 1.29 is 70.2 Å². The van der Waals surface area contributed by atoms with Gasteiger partial charge in [-0.25, -0.2) is 14.4 Å². The van der Waals surface area contributed by atoms with Crippen LogP contribution in [-0.4, -0.2) is 121 Å². The van der Waals surface area contributed by atoms with Crippen molar-refractivity contribution in [2.75, 3.05) is 46.2 Å². The maximum Gasteiger partial charge on any atom is 0.334 e. The van der Waals surface area contributed by atoms with Crippen LogP contribution in [0.25, 0.3) is 0 Å². The normalized spacial score (nSPS) is 14.9. The van der Waals surface area contributed by atoms with E-state index in [0.717, 1.165) is 39.2 Å². The third-order valence-corrected chi connectivity index (χ3v) is 5.38. The Labute approximate surface area is 207 Å². The van der Waals surface area contributed by atoms with Crippen molar-refractivity contribution >= 4 is 17.9 Å². The molecule has 0 saturated heterocycles. The van der Waals surface area contributed by atoms with Crippen LogP contribution in [0, 0.1) is 10.8 Å². The van der Waals surface area contributed by atoms with Gasteiger partial charge >= 0.3 is 17.9 Å². The largest absolute Gasteiger partial charge is 0.485 e. The molecule has 0 atom stereocenters. The third kappa shape index (κ3) is 9.31. The fourth-order valence-electron chi connectivity index (χ4n) is 2.36. The first-order chi connectivity index (χ1) is 16.7. The zero-order chi connectivity index (χ0) is 28.7. The monoisotopic (exact) mass is 524 g/mol. The summed E-state index contributed by atoms with van der Waals surface area (Å²) in [6, 6.07) is 0. The van der Waals surface area contributed by atoms with Gasteiger partial charge in [0.2, 0.25) is 0 Å². The van der Waals surface area contributed by atoms with E-state index >= 15 is 0 Å². The predicted octanol–water partition coefficient (Wildman–Crippen LogP) is -2.30. The number of carbonyl (C=O) groups is 3. The minimum Gasteiger partial charge on any atom is -0.485 e. The van der Waals surface area contributed by atoms with Crippen molar-refractivity contribution in [3.8, 4) is 0 Å². The van der Waals surface area contributed by atoms with Crippen molar-refractivity contribution in [3.63, 3.8) is 0 Å². The molecule has 0 aliphatic carbocycles. The number of aliphatic hydroxyl groups excluding tert-OH is 7. The highest BCUT2D eigenvalue weighted by molar-refractivity contribution is 5.88. The van der Waals surface area contributed by atoms with Gasteiger partial charge < -0.3 is 55.8 Å². The van der Waals surface area contributed by atoms with Crippen LogP contribution >= 0.6 is 0 Å². The number of aliphatic carboxylic acids is 3. The van der Waals surface area contributed by atoms with Crippen LogP contribution in [-0.2, 0) is 19.1 Å². The molecule has 208 valence electrons. The topological polar surface area (TPSA) is 263 Å². The Morgan fingerprint density at radius 1 is 0.583 bits per heavy atom. The Kier molecular flexibility index (Phi) is 15.7. The van der Waals surface area contributed by atoms with E-state index < -0.39 is 80.6 Å². The molecule has 0 amide bonds. The maximum absolute atomic E-state index is 11.3. The summed E-state index contributed by atoms with van der Waals surface area (Å²) in [5, 5.41) is 90.7. The minimum atomic E-state index is -2.19. The molecule has 0 rings (SSSR count). The molecule has 0 aliphatic rings. The van der Waals surface area contributed by atoms with Crippen molar-refractivity contribution in [2.24, 2.45) is 10.8 Å². The Morgan fingerprint density at radius 3 is 1.08 bits per heavy atom. The first-order valence-corrected chi connectivity index (χ1v) is 10.4. The van der Waals surface area contributed by atoms with Crippen LogP contribution in [0.3, 0.4) is 0 Å². The molecule has 0 aromatic carbocycles. The van der Waals surface area contributed by atoms with Crippen LogP contribution < -0.4 is 0 Å². The lowest BCUT2D eigenvalue weighted by Gasteiger charge is -2.44. The Morgan fingerprint density at radius 2 is 0.889 bits per heavy atom. The van der Waals surface area contributed by atoms with E-state index in [2.05, 4.69) is 0 Å². The second-order valence-electron chi connectivity index (χ2n) is 8.17. The highest BCUT2D eigenvalue weighted by Crippen LogP contribution is 2.39. The van der Waals surface area contributed by atoms with Gasteiger partial charge in [-0.05, 0) is 32.9 Å². The Hall–Kier alpha value is -2.85. The summed E-state index contributed by atoms with van der Waals surface area (Å²) in [6.07, 6.45) is 2.52. The second-order valence-corrected chi connectivity index (χ2v) is 8.17. The molecule has 0 radical (unpaired) electrons. The zero-order valence-electron chi connectivity index (χ0n) is 20.3. The van der Waals surface area contributed by atoms with Crippen LogP contribution in [0.15, 0.2) is 35.1 Å². The van der Waals surface area contributed by atoms with E-state index in [9.17, 15) is 39.9 Å². The smallest absolute Gasteiger partial charge is 0.334 e. The molecule has 10 N–H and O–H groups in total. The molecule has 0 unspecified atom stereocenters. The van der Waals surface area contributed by atoms with Gasteiger partial charge in [0.15, 0.2) is 5.60 Å². The van der Waals surface area contributed by atoms with Gasteiger partial charge in [-0.3, -0.25) is 0 Å². The second kappa shape index (κ2) is 16.0.